The van der Waals surface area contributed by atoms with Crippen molar-refractivity contribution in [2.75, 3.05) is 5.32 Å². The first-order valence-electron chi connectivity index (χ1n) is 8.03. The maximum atomic E-state index is 12.8. The van der Waals surface area contributed by atoms with Crippen molar-refractivity contribution >= 4 is 28.3 Å². The molecule has 2 aromatic carbocycles. The summed E-state index contributed by atoms with van der Waals surface area (Å²) in [5.41, 5.74) is 2.65. The lowest BCUT2D eigenvalue weighted by Gasteiger charge is -2.05. The second-order valence-electron chi connectivity index (χ2n) is 5.80. The van der Waals surface area contributed by atoms with Crippen molar-refractivity contribution in [3.63, 3.8) is 0 Å². The first kappa shape index (κ1) is 16.0. The van der Waals surface area contributed by atoms with Gasteiger partial charge in [0.05, 0.1) is 5.69 Å². The minimum atomic E-state index is -0.238. The molecule has 0 aliphatic rings. The van der Waals surface area contributed by atoms with E-state index in [2.05, 4.69) is 5.32 Å². The minimum Gasteiger partial charge on any atom is -0.450 e. The van der Waals surface area contributed by atoms with Crippen LogP contribution in [-0.2, 0) is 4.79 Å². The Bertz CT molecular complexity index is 891. The summed E-state index contributed by atoms with van der Waals surface area (Å²) in [7, 11) is 0. The maximum absolute atomic E-state index is 12.8. The third-order valence-electron chi connectivity index (χ3n) is 3.86. The molecule has 0 spiro atoms. The SMILES string of the molecule is CCCC(=O)Nc1c(C(=O)c2ccc(C)cc2)oc2ccccc12. The molecule has 1 amide bonds. The average Bonchev–Trinajstić information content (AvgIpc) is 2.94. The molecule has 0 fully saturated rings. The van der Waals surface area contributed by atoms with E-state index in [9.17, 15) is 9.59 Å². The molecule has 4 nitrogen and oxygen atoms in total. The van der Waals surface area contributed by atoms with Gasteiger partial charge in [-0.2, -0.15) is 0 Å². The highest BCUT2D eigenvalue weighted by Crippen LogP contribution is 2.32. The monoisotopic (exact) mass is 321 g/mol. The van der Waals surface area contributed by atoms with E-state index in [-0.39, 0.29) is 17.5 Å². The Morgan fingerprint density at radius 3 is 2.46 bits per heavy atom. The molecule has 1 N–H and O–H groups in total. The highest BCUT2D eigenvalue weighted by atomic mass is 16.3. The molecule has 0 aliphatic carbocycles. The molecule has 0 unspecified atom stereocenters. The first-order valence-corrected chi connectivity index (χ1v) is 8.03. The summed E-state index contributed by atoms with van der Waals surface area (Å²) in [6.07, 6.45) is 1.14. The first-order chi connectivity index (χ1) is 11.6. The number of anilines is 1. The highest BCUT2D eigenvalue weighted by Gasteiger charge is 2.23. The summed E-state index contributed by atoms with van der Waals surface area (Å²) in [4.78, 5) is 24.9. The van der Waals surface area contributed by atoms with Crippen LogP contribution in [0.4, 0.5) is 5.69 Å². The number of benzene rings is 2. The van der Waals surface area contributed by atoms with Gasteiger partial charge in [0, 0.05) is 17.4 Å². The summed E-state index contributed by atoms with van der Waals surface area (Å²) in [6, 6.07) is 14.6. The van der Waals surface area contributed by atoms with Crippen LogP contribution < -0.4 is 5.32 Å². The maximum Gasteiger partial charge on any atom is 0.230 e. The van der Waals surface area contributed by atoms with Crippen molar-refractivity contribution in [2.24, 2.45) is 0 Å². The van der Waals surface area contributed by atoms with Crippen LogP contribution in [0.15, 0.2) is 52.9 Å². The number of ketones is 1. The van der Waals surface area contributed by atoms with E-state index in [1.54, 1.807) is 18.2 Å². The van der Waals surface area contributed by atoms with Crippen LogP contribution in [0.3, 0.4) is 0 Å². The number of para-hydroxylation sites is 1. The number of furan rings is 1. The Morgan fingerprint density at radius 1 is 1.04 bits per heavy atom. The number of carbonyl (C=O) groups excluding carboxylic acids is 2. The van der Waals surface area contributed by atoms with Gasteiger partial charge in [-0.15, -0.1) is 0 Å². The molecular formula is C20H19NO3. The Kier molecular flexibility index (Phi) is 4.47. The van der Waals surface area contributed by atoms with E-state index in [1.165, 1.54) is 0 Å². The Labute approximate surface area is 140 Å². The fraction of sp³-hybridized carbons (Fsp3) is 0.200. The van der Waals surface area contributed by atoms with Gasteiger partial charge in [0.1, 0.15) is 5.58 Å². The van der Waals surface area contributed by atoms with E-state index in [4.69, 9.17) is 4.42 Å². The molecule has 0 saturated carbocycles. The van der Waals surface area contributed by atoms with E-state index in [0.29, 0.717) is 23.3 Å². The van der Waals surface area contributed by atoms with Crippen molar-refractivity contribution in [3.8, 4) is 0 Å². The van der Waals surface area contributed by atoms with Crippen LogP contribution in [0.1, 0.15) is 41.4 Å². The number of rotatable bonds is 5. The number of fused-ring (bicyclic) bond motifs is 1. The molecule has 4 heteroatoms. The van der Waals surface area contributed by atoms with E-state index in [0.717, 1.165) is 17.4 Å². The standard InChI is InChI=1S/C20H19NO3/c1-3-6-17(22)21-18-15-7-4-5-8-16(15)24-20(18)19(23)14-11-9-13(2)10-12-14/h4-5,7-12H,3,6H2,1-2H3,(H,21,22). The Morgan fingerprint density at radius 2 is 1.75 bits per heavy atom. The molecule has 122 valence electrons. The largest absolute Gasteiger partial charge is 0.450 e. The normalized spacial score (nSPS) is 10.8. The fourth-order valence-corrected chi connectivity index (χ4v) is 2.59. The van der Waals surface area contributed by atoms with Gasteiger partial charge in [0.15, 0.2) is 5.76 Å². The highest BCUT2D eigenvalue weighted by molar-refractivity contribution is 6.17. The minimum absolute atomic E-state index is 0.123. The molecule has 0 atom stereocenters. The van der Waals surface area contributed by atoms with Crippen LogP contribution in [0, 0.1) is 6.92 Å². The lowest BCUT2D eigenvalue weighted by Crippen LogP contribution is -2.13. The predicted octanol–water partition coefficient (Wildman–Crippen LogP) is 4.71. The van der Waals surface area contributed by atoms with E-state index < -0.39 is 0 Å². The van der Waals surface area contributed by atoms with Gasteiger partial charge in [0.25, 0.3) is 0 Å². The van der Waals surface area contributed by atoms with Crippen molar-refractivity contribution in [3.05, 3.63) is 65.4 Å². The lowest BCUT2D eigenvalue weighted by atomic mass is 10.1. The zero-order chi connectivity index (χ0) is 17.1. The van der Waals surface area contributed by atoms with Crippen LogP contribution >= 0.6 is 0 Å². The average molecular weight is 321 g/mol. The Balaban J connectivity index is 2.07. The van der Waals surface area contributed by atoms with Crippen LogP contribution in [0.2, 0.25) is 0 Å². The molecule has 1 aromatic heterocycles. The molecule has 0 saturated heterocycles. The summed E-state index contributed by atoms with van der Waals surface area (Å²) in [5.74, 6) is -0.190. The van der Waals surface area contributed by atoms with E-state index >= 15 is 0 Å². The number of carbonyl (C=O) groups is 2. The molecule has 0 aliphatic heterocycles. The molecule has 0 bridgehead atoms. The van der Waals surface area contributed by atoms with Crippen LogP contribution in [-0.4, -0.2) is 11.7 Å². The van der Waals surface area contributed by atoms with Gasteiger partial charge >= 0.3 is 0 Å². The van der Waals surface area contributed by atoms with Gasteiger partial charge in [-0.25, -0.2) is 0 Å². The second-order valence-corrected chi connectivity index (χ2v) is 5.80. The van der Waals surface area contributed by atoms with Gasteiger partial charge in [-0.3, -0.25) is 9.59 Å². The lowest BCUT2D eigenvalue weighted by molar-refractivity contribution is -0.116. The third kappa shape index (κ3) is 3.08. The molecular weight excluding hydrogens is 302 g/mol. The molecule has 1 heterocycles. The summed E-state index contributed by atoms with van der Waals surface area (Å²) in [6.45, 7) is 3.90. The smallest absolute Gasteiger partial charge is 0.230 e. The summed E-state index contributed by atoms with van der Waals surface area (Å²) < 4.78 is 5.76. The van der Waals surface area contributed by atoms with E-state index in [1.807, 2.05) is 44.2 Å². The topological polar surface area (TPSA) is 59.3 Å². The number of amides is 1. The number of nitrogens with one attached hydrogen (secondary N) is 1. The number of aryl methyl sites for hydroxylation is 1. The van der Waals surface area contributed by atoms with Crippen molar-refractivity contribution in [2.45, 2.75) is 26.7 Å². The van der Waals surface area contributed by atoms with Crippen molar-refractivity contribution in [1.82, 2.24) is 0 Å². The molecule has 24 heavy (non-hydrogen) atoms. The second kappa shape index (κ2) is 6.71. The van der Waals surface area contributed by atoms with Gasteiger partial charge in [-0.05, 0) is 25.5 Å². The van der Waals surface area contributed by atoms with Crippen LogP contribution in [0.25, 0.3) is 11.0 Å². The molecule has 3 rings (SSSR count). The Hall–Kier alpha value is -2.88. The predicted molar refractivity (Wildman–Crippen MR) is 94.4 cm³/mol. The number of hydrogen-bond donors (Lipinski definition) is 1. The molecule has 0 radical (unpaired) electrons. The molecule has 3 aromatic rings. The van der Waals surface area contributed by atoms with Gasteiger partial charge in [0.2, 0.25) is 11.7 Å². The van der Waals surface area contributed by atoms with Gasteiger partial charge < -0.3 is 9.73 Å². The van der Waals surface area contributed by atoms with Gasteiger partial charge in [-0.1, -0.05) is 48.9 Å². The quantitative estimate of drug-likeness (QED) is 0.692. The van der Waals surface area contributed by atoms with Crippen molar-refractivity contribution < 1.29 is 14.0 Å². The fourth-order valence-electron chi connectivity index (χ4n) is 2.59. The van der Waals surface area contributed by atoms with Crippen molar-refractivity contribution in [1.29, 1.82) is 0 Å². The van der Waals surface area contributed by atoms with Crippen LogP contribution in [0.5, 0.6) is 0 Å². The summed E-state index contributed by atoms with van der Waals surface area (Å²) in [5, 5.41) is 3.58. The summed E-state index contributed by atoms with van der Waals surface area (Å²) >= 11 is 0. The zero-order valence-electron chi connectivity index (χ0n) is 13.8. The zero-order valence-corrected chi connectivity index (χ0v) is 13.8. The number of hydrogen-bond acceptors (Lipinski definition) is 3. The third-order valence-corrected chi connectivity index (χ3v) is 3.86.